The van der Waals surface area contributed by atoms with Gasteiger partial charge in [0.15, 0.2) is 12.7 Å². The van der Waals surface area contributed by atoms with Gasteiger partial charge in [-0.3, -0.25) is 9.59 Å². The summed E-state index contributed by atoms with van der Waals surface area (Å²) in [6.45, 7) is 1.39. The summed E-state index contributed by atoms with van der Waals surface area (Å²) in [6, 6.07) is 13.6. The third-order valence-corrected chi connectivity index (χ3v) is 3.70. The fraction of sp³-hybridized carbons (Fsp3) is 0.250. The third kappa shape index (κ3) is 6.14. The van der Waals surface area contributed by atoms with E-state index in [-0.39, 0.29) is 13.2 Å². The molecule has 7 heteroatoms. The van der Waals surface area contributed by atoms with Gasteiger partial charge in [-0.1, -0.05) is 18.2 Å². The van der Waals surface area contributed by atoms with Crippen LogP contribution in [0, 0.1) is 0 Å². The number of carbonyl (C=O) groups excluding carboxylic acids is 3. The molecule has 0 aliphatic carbocycles. The minimum atomic E-state index is -0.965. The second-order valence-electron chi connectivity index (χ2n) is 5.64. The number of hydrogen-bond donors (Lipinski definition) is 1. The second-order valence-corrected chi connectivity index (χ2v) is 5.64. The number of hydrogen-bond acceptors (Lipinski definition) is 6. The van der Waals surface area contributed by atoms with Gasteiger partial charge in [-0.15, -0.1) is 0 Å². The Balaban J connectivity index is 1.77. The third-order valence-electron chi connectivity index (χ3n) is 3.70. The summed E-state index contributed by atoms with van der Waals surface area (Å²) in [5.74, 6) is -0.0127. The molecule has 0 radical (unpaired) electrons. The second kappa shape index (κ2) is 9.96. The van der Waals surface area contributed by atoms with E-state index in [1.54, 1.807) is 37.4 Å². The molecule has 0 bridgehead atoms. The maximum absolute atomic E-state index is 12.1. The van der Waals surface area contributed by atoms with Crippen molar-refractivity contribution in [2.45, 2.75) is 19.6 Å². The molecule has 142 valence electrons. The minimum absolute atomic E-state index is 0.254. The number of esters is 1. The van der Waals surface area contributed by atoms with Gasteiger partial charge in [0.25, 0.3) is 5.91 Å². The van der Waals surface area contributed by atoms with Crippen LogP contribution in [-0.4, -0.2) is 38.0 Å². The zero-order valence-corrected chi connectivity index (χ0v) is 15.1. The van der Waals surface area contributed by atoms with Crippen molar-refractivity contribution in [1.82, 2.24) is 5.32 Å². The van der Waals surface area contributed by atoms with E-state index in [0.717, 1.165) is 5.56 Å². The number of ether oxygens (including phenoxy) is 3. The Morgan fingerprint density at radius 1 is 1.11 bits per heavy atom. The number of nitrogens with one attached hydrogen (secondary N) is 1. The van der Waals surface area contributed by atoms with Gasteiger partial charge in [-0.05, 0) is 37.3 Å². The Labute approximate surface area is 157 Å². The van der Waals surface area contributed by atoms with Crippen LogP contribution in [0.3, 0.4) is 0 Å². The highest BCUT2D eigenvalue weighted by Crippen LogP contribution is 2.16. The van der Waals surface area contributed by atoms with Crippen LogP contribution in [0.4, 0.5) is 0 Å². The first kappa shape index (κ1) is 20.0. The van der Waals surface area contributed by atoms with Gasteiger partial charge in [0.2, 0.25) is 0 Å². The zero-order chi connectivity index (χ0) is 19.6. The molecule has 0 aliphatic rings. The number of para-hydroxylation sites is 1. The van der Waals surface area contributed by atoms with E-state index >= 15 is 0 Å². The predicted molar refractivity (Wildman–Crippen MR) is 97.7 cm³/mol. The number of rotatable bonds is 9. The van der Waals surface area contributed by atoms with E-state index in [1.165, 1.54) is 6.92 Å². The van der Waals surface area contributed by atoms with Crippen molar-refractivity contribution >= 4 is 18.2 Å². The highest BCUT2D eigenvalue weighted by Gasteiger charge is 2.18. The van der Waals surface area contributed by atoms with E-state index in [4.69, 9.17) is 14.2 Å². The molecule has 0 saturated carbocycles. The van der Waals surface area contributed by atoms with E-state index in [0.29, 0.717) is 23.3 Å². The lowest BCUT2D eigenvalue weighted by molar-refractivity contribution is -0.156. The molecule has 0 aliphatic heterocycles. The number of aldehydes is 1. The molecule has 0 spiro atoms. The molecule has 0 fully saturated rings. The number of benzene rings is 2. The van der Waals surface area contributed by atoms with Crippen LogP contribution >= 0.6 is 0 Å². The Morgan fingerprint density at radius 3 is 2.48 bits per heavy atom. The number of carbonyl (C=O) groups is 3. The number of methoxy groups -OCH3 is 1. The van der Waals surface area contributed by atoms with Crippen LogP contribution in [0.2, 0.25) is 0 Å². The molecule has 2 rings (SSSR count). The summed E-state index contributed by atoms with van der Waals surface area (Å²) in [5.41, 5.74) is 1.32. The van der Waals surface area contributed by atoms with Crippen molar-refractivity contribution < 1.29 is 28.6 Å². The van der Waals surface area contributed by atoms with Crippen molar-refractivity contribution in [1.29, 1.82) is 0 Å². The largest absolute Gasteiger partial charge is 0.496 e. The fourth-order valence-electron chi connectivity index (χ4n) is 2.24. The van der Waals surface area contributed by atoms with Crippen molar-refractivity contribution in [3.8, 4) is 11.5 Å². The highest BCUT2D eigenvalue weighted by atomic mass is 16.6. The molecule has 2 aromatic rings. The Morgan fingerprint density at radius 2 is 1.81 bits per heavy atom. The Kier molecular flexibility index (Phi) is 7.37. The maximum Gasteiger partial charge on any atom is 0.344 e. The summed E-state index contributed by atoms with van der Waals surface area (Å²) in [6.07, 6.45) is -0.253. The van der Waals surface area contributed by atoms with Crippen molar-refractivity contribution in [2.24, 2.45) is 0 Å². The van der Waals surface area contributed by atoms with Crippen LogP contribution in [0.1, 0.15) is 22.8 Å². The SMILES string of the molecule is COc1ccccc1CNC(=O)[C@@H](C)OC(=O)COc1ccc(C=O)cc1. The van der Waals surface area contributed by atoms with E-state index in [1.807, 2.05) is 18.2 Å². The molecular weight excluding hydrogens is 350 g/mol. The van der Waals surface area contributed by atoms with E-state index in [2.05, 4.69) is 5.32 Å². The molecule has 27 heavy (non-hydrogen) atoms. The number of amides is 1. The molecule has 0 saturated heterocycles. The molecule has 2 aromatic carbocycles. The van der Waals surface area contributed by atoms with E-state index < -0.39 is 18.0 Å². The maximum atomic E-state index is 12.1. The lowest BCUT2D eigenvalue weighted by Gasteiger charge is -2.15. The van der Waals surface area contributed by atoms with Gasteiger partial charge < -0.3 is 19.5 Å². The monoisotopic (exact) mass is 371 g/mol. The van der Waals surface area contributed by atoms with Gasteiger partial charge in [0, 0.05) is 17.7 Å². The van der Waals surface area contributed by atoms with Gasteiger partial charge >= 0.3 is 5.97 Å². The molecule has 1 amide bonds. The lowest BCUT2D eigenvalue weighted by atomic mass is 10.2. The minimum Gasteiger partial charge on any atom is -0.496 e. The van der Waals surface area contributed by atoms with Gasteiger partial charge in [-0.2, -0.15) is 0 Å². The first-order chi connectivity index (χ1) is 13.0. The Bertz CT molecular complexity index is 787. The molecule has 1 N–H and O–H groups in total. The molecular formula is C20H21NO6. The topological polar surface area (TPSA) is 90.9 Å². The van der Waals surface area contributed by atoms with Crippen LogP contribution in [0.25, 0.3) is 0 Å². The quantitative estimate of drug-likeness (QED) is 0.536. The smallest absolute Gasteiger partial charge is 0.344 e. The van der Waals surface area contributed by atoms with Crippen molar-refractivity contribution in [3.63, 3.8) is 0 Å². The first-order valence-corrected chi connectivity index (χ1v) is 8.30. The summed E-state index contributed by atoms with van der Waals surface area (Å²) in [5, 5.41) is 2.70. The van der Waals surface area contributed by atoms with Crippen LogP contribution in [0.5, 0.6) is 11.5 Å². The normalized spacial score (nSPS) is 11.2. The first-order valence-electron chi connectivity index (χ1n) is 8.30. The predicted octanol–water partition coefficient (Wildman–Crippen LogP) is 2.13. The summed E-state index contributed by atoms with van der Waals surface area (Å²) in [7, 11) is 1.55. The van der Waals surface area contributed by atoms with Gasteiger partial charge in [-0.25, -0.2) is 4.79 Å². The van der Waals surface area contributed by atoms with Crippen molar-refractivity contribution in [2.75, 3.05) is 13.7 Å². The van der Waals surface area contributed by atoms with E-state index in [9.17, 15) is 14.4 Å². The molecule has 0 aromatic heterocycles. The average Bonchev–Trinajstić information content (AvgIpc) is 2.70. The van der Waals surface area contributed by atoms with Crippen LogP contribution in [0.15, 0.2) is 48.5 Å². The lowest BCUT2D eigenvalue weighted by Crippen LogP contribution is -2.36. The highest BCUT2D eigenvalue weighted by molar-refractivity contribution is 5.83. The van der Waals surface area contributed by atoms with Crippen LogP contribution < -0.4 is 14.8 Å². The van der Waals surface area contributed by atoms with Crippen LogP contribution in [-0.2, 0) is 20.9 Å². The zero-order valence-electron chi connectivity index (χ0n) is 15.1. The molecule has 0 heterocycles. The standard InChI is InChI=1S/C20H21NO6/c1-14(20(24)21-11-16-5-3-4-6-18(16)25-2)27-19(23)13-26-17-9-7-15(12-22)8-10-17/h3-10,12,14H,11,13H2,1-2H3,(H,21,24)/t14-/m1/s1. The molecule has 7 nitrogen and oxygen atoms in total. The van der Waals surface area contributed by atoms with Gasteiger partial charge in [0.1, 0.15) is 17.8 Å². The summed E-state index contributed by atoms with van der Waals surface area (Å²) in [4.78, 5) is 34.5. The molecule has 0 unspecified atom stereocenters. The summed E-state index contributed by atoms with van der Waals surface area (Å²) >= 11 is 0. The summed E-state index contributed by atoms with van der Waals surface area (Å²) < 4.78 is 15.5. The van der Waals surface area contributed by atoms with Crippen molar-refractivity contribution in [3.05, 3.63) is 59.7 Å². The average molecular weight is 371 g/mol. The van der Waals surface area contributed by atoms with Gasteiger partial charge in [0.05, 0.1) is 7.11 Å². The molecule has 1 atom stereocenters. The fourth-order valence-corrected chi connectivity index (χ4v) is 2.24. The Hall–Kier alpha value is -3.35.